The molecule has 4 nitrogen and oxygen atoms in total. The lowest BCUT2D eigenvalue weighted by Crippen LogP contribution is -2.42. The monoisotopic (exact) mass is 294 g/mol. The van der Waals surface area contributed by atoms with Gasteiger partial charge in [0.15, 0.2) is 0 Å². The van der Waals surface area contributed by atoms with E-state index in [-0.39, 0.29) is 12.0 Å². The standard InChI is InChI=1S/C16H23FN2O2/c1-16(2,3)21-15(20)19-9-6-12(7-10-19)11-13-5-4-8-18-14(13)17/h4-5,8,12H,6-7,9-11H2,1-3H3. The lowest BCUT2D eigenvalue weighted by atomic mass is 9.91. The largest absolute Gasteiger partial charge is 0.444 e. The molecule has 1 saturated heterocycles. The summed E-state index contributed by atoms with van der Waals surface area (Å²) in [6.07, 6.45) is 3.63. The minimum Gasteiger partial charge on any atom is -0.444 e. The summed E-state index contributed by atoms with van der Waals surface area (Å²) in [5, 5.41) is 0. The second kappa shape index (κ2) is 6.41. The highest BCUT2D eigenvalue weighted by molar-refractivity contribution is 5.68. The fourth-order valence-electron chi connectivity index (χ4n) is 2.53. The van der Waals surface area contributed by atoms with Crippen molar-refractivity contribution in [3.8, 4) is 0 Å². The van der Waals surface area contributed by atoms with E-state index in [0.717, 1.165) is 12.8 Å². The van der Waals surface area contributed by atoms with Gasteiger partial charge in [-0.05, 0) is 52.0 Å². The van der Waals surface area contributed by atoms with Crippen molar-refractivity contribution in [1.82, 2.24) is 9.88 Å². The van der Waals surface area contributed by atoms with Crippen molar-refractivity contribution >= 4 is 6.09 Å². The third-order valence-electron chi connectivity index (χ3n) is 3.61. The van der Waals surface area contributed by atoms with Crippen molar-refractivity contribution < 1.29 is 13.9 Å². The molecule has 2 heterocycles. The van der Waals surface area contributed by atoms with Crippen molar-refractivity contribution in [2.24, 2.45) is 5.92 Å². The van der Waals surface area contributed by atoms with E-state index < -0.39 is 5.60 Å². The lowest BCUT2D eigenvalue weighted by molar-refractivity contribution is 0.0184. The smallest absolute Gasteiger partial charge is 0.410 e. The van der Waals surface area contributed by atoms with Crippen LogP contribution in [0, 0.1) is 11.9 Å². The summed E-state index contributed by atoms with van der Waals surface area (Å²) in [7, 11) is 0. The first kappa shape index (κ1) is 15.7. The normalized spacial score (nSPS) is 16.9. The Bertz CT molecular complexity index is 491. The Labute approximate surface area is 125 Å². The van der Waals surface area contributed by atoms with Gasteiger partial charge in [0.25, 0.3) is 0 Å². The summed E-state index contributed by atoms with van der Waals surface area (Å²) in [4.78, 5) is 17.4. The zero-order chi connectivity index (χ0) is 15.5. The minimum atomic E-state index is -0.466. The summed E-state index contributed by atoms with van der Waals surface area (Å²) in [6.45, 7) is 6.93. The van der Waals surface area contributed by atoms with Gasteiger partial charge in [0.2, 0.25) is 5.95 Å². The number of carbonyl (C=O) groups excluding carboxylic acids is 1. The van der Waals surface area contributed by atoms with Gasteiger partial charge in [-0.25, -0.2) is 9.78 Å². The molecule has 1 aliphatic rings. The predicted molar refractivity (Wildman–Crippen MR) is 78.4 cm³/mol. The van der Waals surface area contributed by atoms with Gasteiger partial charge in [-0.1, -0.05) is 6.07 Å². The maximum absolute atomic E-state index is 13.5. The number of ether oxygens (including phenoxy) is 1. The Morgan fingerprint density at radius 2 is 2.10 bits per heavy atom. The molecule has 0 bridgehead atoms. The average Bonchev–Trinajstić information content (AvgIpc) is 2.40. The zero-order valence-electron chi connectivity index (χ0n) is 12.9. The Balaban J connectivity index is 1.83. The number of likely N-dealkylation sites (tertiary alicyclic amines) is 1. The molecule has 1 aromatic heterocycles. The first-order valence-electron chi connectivity index (χ1n) is 7.42. The number of piperidine rings is 1. The second-order valence-electron chi connectivity index (χ2n) is 6.57. The van der Waals surface area contributed by atoms with Gasteiger partial charge >= 0.3 is 6.09 Å². The van der Waals surface area contributed by atoms with E-state index in [1.54, 1.807) is 17.0 Å². The molecule has 0 N–H and O–H groups in total. The molecule has 2 rings (SSSR count). The molecule has 0 spiro atoms. The molecule has 21 heavy (non-hydrogen) atoms. The molecular weight excluding hydrogens is 271 g/mol. The van der Waals surface area contributed by atoms with E-state index >= 15 is 0 Å². The number of amides is 1. The molecule has 0 atom stereocenters. The Morgan fingerprint density at radius 1 is 1.43 bits per heavy atom. The van der Waals surface area contributed by atoms with Crippen molar-refractivity contribution in [1.29, 1.82) is 0 Å². The Kier molecular flexibility index (Phi) is 4.80. The van der Waals surface area contributed by atoms with Crippen LogP contribution in [0.3, 0.4) is 0 Å². The number of carbonyl (C=O) groups is 1. The Hall–Kier alpha value is -1.65. The van der Waals surface area contributed by atoms with Crippen LogP contribution in [0.2, 0.25) is 0 Å². The van der Waals surface area contributed by atoms with Gasteiger partial charge in [-0.2, -0.15) is 4.39 Å². The molecule has 0 unspecified atom stereocenters. The first-order valence-corrected chi connectivity index (χ1v) is 7.42. The summed E-state index contributed by atoms with van der Waals surface area (Å²) in [5.41, 5.74) is 0.195. The minimum absolute atomic E-state index is 0.256. The van der Waals surface area contributed by atoms with Crippen molar-refractivity contribution in [2.75, 3.05) is 13.1 Å². The van der Waals surface area contributed by atoms with E-state index in [1.807, 2.05) is 20.8 Å². The first-order chi connectivity index (χ1) is 9.85. The Morgan fingerprint density at radius 3 is 2.67 bits per heavy atom. The molecule has 1 aromatic rings. The number of hydrogen-bond acceptors (Lipinski definition) is 3. The number of pyridine rings is 1. The molecule has 1 amide bonds. The predicted octanol–water partition coefficient (Wildman–Crippen LogP) is 3.41. The van der Waals surface area contributed by atoms with Crippen LogP contribution in [0.4, 0.5) is 9.18 Å². The second-order valence-corrected chi connectivity index (χ2v) is 6.57. The van der Waals surface area contributed by atoms with Gasteiger partial charge in [0, 0.05) is 24.8 Å². The van der Waals surface area contributed by atoms with E-state index in [9.17, 15) is 9.18 Å². The molecule has 0 aromatic carbocycles. The van der Waals surface area contributed by atoms with Crippen LogP contribution in [-0.2, 0) is 11.2 Å². The zero-order valence-corrected chi connectivity index (χ0v) is 12.9. The molecule has 116 valence electrons. The van der Waals surface area contributed by atoms with Crippen molar-refractivity contribution in [3.63, 3.8) is 0 Å². The number of rotatable bonds is 2. The van der Waals surface area contributed by atoms with Gasteiger partial charge in [-0.15, -0.1) is 0 Å². The maximum Gasteiger partial charge on any atom is 0.410 e. The number of aromatic nitrogens is 1. The highest BCUT2D eigenvalue weighted by atomic mass is 19.1. The average molecular weight is 294 g/mol. The molecule has 0 aliphatic carbocycles. The molecule has 1 aliphatic heterocycles. The lowest BCUT2D eigenvalue weighted by Gasteiger charge is -2.33. The maximum atomic E-state index is 13.5. The third kappa shape index (κ3) is 4.69. The highest BCUT2D eigenvalue weighted by Gasteiger charge is 2.27. The number of nitrogens with zero attached hydrogens (tertiary/aromatic N) is 2. The highest BCUT2D eigenvalue weighted by Crippen LogP contribution is 2.23. The summed E-state index contributed by atoms with van der Waals surface area (Å²) < 4.78 is 18.9. The molecule has 1 fully saturated rings. The molecule has 0 saturated carbocycles. The van der Waals surface area contributed by atoms with Gasteiger partial charge in [-0.3, -0.25) is 0 Å². The van der Waals surface area contributed by atoms with Crippen molar-refractivity contribution in [2.45, 2.75) is 45.6 Å². The molecule has 0 radical (unpaired) electrons. The number of halogens is 1. The van der Waals surface area contributed by atoms with Crippen LogP contribution >= 0.6 is 0 Å². The molecule has 5 heteroatoms. The summed E-state index contributed by atoms with van der Waals surface area (Å²) >= 11 is 0. The topological polar surface area (TPSA) is 42.4 Å². The van der Waals surface area contributed by atoms with Crippen LogP contribution in [0.1, 0.15) is 39.2 Å². The molecular formula is C16H23FN2O2. The van der Waals surface area contributed by atoms with Crippen LogP contribution < -0.4 is 0 Å². The van der Waals surface area contributed by atoms with Gasteiger partial charge < -0.3 is 9.64 Å². The van der Waals surface area contributed by atoms with E-state index in [0.29, 0.717) is 31.0 Å². The summed E-state index contributed by atoms with van der Waals surface area (Å²) in [5.74, 6) is 0.00876. The van der Waals surface area contributed by atoms with Gasteiger partial charge in [0.1, 0.15) is 5.60 Å². The van der Waals surface area contributed by atoms with E-state index in [2.05, 4.69) is 4.98 Å². The van der Waals surface area contributed by atoms with Crippen LogP contribution in [0.5, 0.6) is 0 Å². The number of hydrogen-bond donors (Lipinski definition) is 0. The van der Waals surface area contributed by atoms with E-state index in [1.165, 1.54) is 6.20 Å². The third-order valence-corrected chi connectivity index (χ3v) is 3.61. The fourth-order valence-corrected chi connectivity index (χ4v) is 2.53. The van der Waals surface area contributed by atoms with E-state index in [4.69, 9.17) is 4.74 Å². The fraction of sp³-hybridized carbons (Fsp3) is 0.625. The quantitative estimate of drug-likeness (QED) is 0.785. The van der Waals surface area contributed by atoms with Crippen LogP contribution in [0.15, 0.2) is 18.3 Å². The van der Waals surface area contributed by atoms with Crippen LogP contribution in [0.25, 0.3) is 0 Å². The van der Waals surface area contributed by atoms with Crippen molar-refractivity contribution in [3.05, 3.63) is 29.8 Å². The van der Waals surface area contributed by atoms with Gasteiger partial charge in [0.05, 0.1) is 0 Å². The van der Waals surface area contributed by atoms with Crippen LogP contribution in [-0.4, -0.2) is 34.7 Å². The SMILES string of the molecule is CC(C)(C)OC(=O)N1CCC(Cc2cccnc2F)CC1. The summed E-state index contributed by atoms with van der Waals surface area (Å²) in [6, 6.07) is 3.54.